The van der Waals surface area contributed by atoms with E-state index in [0.717, 1.165) is 0 Å². The molecule has 196 valence electrons. The minimum absolute atomic E-state index is 0.0667. The number of halogens is 7. The van der Waals surface area contributed by atoms with Gasteiger partial charge in [-0.05, 0) is 67.1 Å². The van der Waals surface area contributed by atoms with Crippen molar-refractivity contribution in [2.45, 2.75) is 68.8 Å². The third kappa shape index (κ3) is 5.51. The van der Waals surface area contributed by atoms with Crippen LogP contribution >= 0.6 is 0 Å². The summed E-state index contributed by atoms with van der Waals surface area (Å²) in [5, 5.41) is 12.6. The van der Waals surface area contributed by atoms with Crippen molar-refractivity contribution >= 4 is 5.91 Å². The molecule has 0 aromatic heterocycles. The number of carbonyl (C=O) groups excluding carboxylic acids is 1. The second-order valence-corrected chi connectivity index (χ2v) is 9.34. The van der Waals surface area contributed by atoms with Crippen molar-refractivity contribution in [2.75, 3.05) is 0 Å². The topological polar surface area (TPSA) is 58.6 Å². The van der Waals surface area contributed by atoms with E-state index < -0.39 is 65.5 Å². The number of rotatable bonds is 5. The van der Waals surface area contributed by atoms with Crippen molar-refractivity contribution in [1.29, 1.82) is 0 Å². The van der Waals surface area contributed by atoms with Gasteiger partial charge in [0.25, 0.3) is 0 Å². The maximum Gasteiger partial charge on any atom is 0.416 e. The van der Waals surface area contributed by atoms with E-state index in [0.29, 0.717) is 30.5 Å². The Morgan fingerprint density at radius 1 is 0.972 bits per heavy atom. The standard InChI is InChI=1S/C25H24F7NO3/c1-12(14-8-15(24(27,28)29)10-16(9-14)25(30,31)32)36-21-7-6-18(19-11-20(34)23(35)33-19)22(21)13-2-4-17(26)5-3-13/h2-5,8-10,12,18-22,34H,6-7,11H2,1H3,(H,33,35)/t12-,18+,19+,20-,21+,22+/m1/s1. The van der Waals surface area contributed by atoms with E-state index in [1.165, 1.54) is 19.1 Å². The van der Waals surface area contributed by atoms with Crippen LogP contribution in [-0.2, 0) is 21.9 Å². The van der Waals surface area contributed by atoms with Crippen LogP contribution in [0.5, 0.6) is 0 Å². The number of ether oxygens (including phenoxy) is 1. The SMILES string of the molecule is C[C@@H](O[C@H]1CC[C@@H]([C@@H]2C[C@@H](O)C(=O)N2)[C@@H]1c1ccc(F)cc1)c1cc(C(F)(F)F)cc(C(F)(F)F)c1. The number of hydrogen-bond acceptors (Lipinski definition) is 3. The predicted octanol–water partition coefficient (Wildman–Crippen LogP) is 5.75. The highest BCUT2D eigenvalue weighted by atomic mass is 19.4. The van der Waals surface area contributed by atoms with E-state index in [9.17, 15) is 40.6 Å². The molecule has 0 spiro atoms. The molecule has 0 bridgehead atoms. The minimum atomic E-state index is -4.98. The molecule has 1 heterocycles. The van der Waals surface area contributed by atoms with Crippen molar-refractivity contribution < 1.29 is 45.4 Å². The molecule has 2 fully saturated rings. The maximum absolute atomic E-state index is 13.6. The highest BCUT2D eigenvalue weighted by molar-refractivity contribution is 5.83. The molecule has 1 aliphatic heterocycles. The average Bonchev–Trinajstić information content (AvgIpc) is 3.35. The summed E-state index contributed by atoms with van der Waals surface area (Å²) in [5.41, 5.74) is -2.47. The molecule has 11 heteroatoms. The van der Waals surface area contributed by atoms with Gasteiger partial charge in [0.05, 0.1) is 23.3 Å². The fraction of sp³-hybridized carbons (Fsp3) is 0.480. The molecule has 0 radical (unpaired) electrons. The van der Waals surface area contributed by atoms with Gasteiger partial charge in [-0.1, -0.05) is 12.1 Å². The van der Waals surface area contributed by atoms with Crippen LogP contribution in [0.25, 0.3) is 0 Å². The van der Waals surface area contributed by atoms with Crippen LogP contribution in [0.2, 0.25) is 0 Å². The Morgan fingerprint density at radius 3 is 2.06 bits per heavy atom. The fourth-order valence-corrected chi connectivity index (χ4v) is 5.26. The Balaban J connectivity index is 1.64. The molecule has 1 saturated heterocycles. The lowest BCUT2D eigenvalue weighted by atomic mass is 9.82. The zero-order chi connectivity index (χ0) is 26.4. The van der Waals surface area contributed by atoms with Gasteiger partial charge >= 0.3 is 12.4 Å². The van der Waals surface area contributed by atoms with Crippen molar-refractivity contribution in [2.24, 2.45) is 5.92 Å². The summed E-state index contributed by atoms with van der Waals surface area (Å²) in [6.45, 7) is 1.38. The average molecular weight is 519 g/mol. The van der Waals surface area contributed by atoms with Crippen LogP contribution in [-0.4, -0.2) is 29.3 Å². The maximum atomic E-state index is 13.6. The van der Waals surface area contributed by atoms with Crippen LogP contribution in [0.4, 0.5) is 30.7 Å². The molecule has 4 nitrogen and oxygen atoms in total. The third-order valence-corrected chi connectivity index (χ3v) is 6.98. The molecule has 2 aromatic carbocycles. The number of alkyl halides is 6. The lowest BCUT2D eigenvalue weighted by Gasteiger charge is -2.31. The van der Waals surface area contributed by atoms with Gasteiger partial charge in [0, 0.05) is 18.4 Å². The summed E-state index contributed by atoms with van der Waals surface area (Å²) >= 11 is 0. The fourth-order valence-electron chi connectivity index (χ4n) is 5.26. The summed E-state index contributed by atoms with van der Waals surface area (Å²) in [7, 11) is 0. The Labute approximate surface area is 202 Å². The lowest BCUT2D eigenvalue weighted by Crippen LogP contribution is -2.36. The van der Waals surface area contributed by atoms with Crippen molar-refractivity contribution in [1.82, 2.24) is 5.32 Å². The third-order valence-electron chi connectivity index (χ3n) is 6.98. The second-order valence-electron chi connectivity index (χ2n) is 9.34. The van der Waals surface area contributed by atoms with Gasteiger partial charge in [0.2, 0.25) is 5.91 Å². The van der Waals surface area contributed by atoms with Crippen LogP contribution in [0.3, 0.4) is 0 Å². The van der Waals surface area contributed by atoms with E-state index in [-0.39, 0.29) is 24.0 Å². The summed E-state index contributed by atoms with van der Waals surface area (Å²) in [6.07, 6.45) is -11.8. The Bertz CT molecular complexity index is 1070. The van der Waals surface area contributed by atoms with Crippen molar-refractivity contribution in [3.63, 3.8) is 0 Å². The van der Waals surface area contributed by atoms with Gasteiger partial charge in [-0.25, -0.2) is 4.39 Å². The Morgan fingerprint density at radius 2 is 1.56 bits per heavy atom. The lowest BCUT2D eigenvalue weighted by molar-refractivity contribution is -0.143. The van der Waals surface area contributed by atoms with Gasteiger partial charge in [0.1, 0.15) is 11.9 Å². The molecular weight excluding hydrogens is 495 g/mol. The second kappa shape index (κ2) is 9.66. The van der Waals surface area contributed by atoms with Crippen molar-refractivity contribution in [3.05, 3.63) is 70.5 Å². The highest BCUT2D eigenvalue weighted by Gasteiger charge is 2.46. The molecule has 4 rings (SSSR count). The van der Waals surface area contributed by atoms with Gasteiger partial charge in [-0.2, -0.15) is 26.3 Å². The number of carbonyl (C=O) groups is 1. The molecule has 36 heavy (non-hydrogen) atoms. The largest absolute Gasteiger partial charge is 0.416 e. The molecule has 1 aliphatic carbocycles. The van der Waals surface area contributed by atoms with Gasteiger partial charge in [-0.3, -0.25) is 4.79 Å². The van der Waals surface area contributed by atoms with Crippen molar-refractivity contribution in [3.8, 4) is 0 Å². The van der Waals surface area contributed by atoms with E-state index in [1.807, 2.05) is 0 Å². The first-order valence-corrected chi connectivity index (χ1v) is 11.4. The summed E-state index contributed by atoms with van der Waals surface area (Å²) in [6, 6.07) is 6.52. The van der Waals surface area contributed by atoms with E-state index in [2.05, 4.69) is 5.32 Å². The summed E-state index contributed by atoms with van der Waals surface area (Å²) < 4.78 is 99.5. The predicted molar refractivity (Wildman–Crippen MR) is 114 cm³/mol. The van der Waals surface area contributed by atoms with Gasteiger partial charge in [0.15, 0.2) is 0 Å². The van der Waals surface area contributed by atoms with E-state index >= 15 is 0 Å². The molecule has 2 aliphatic rings. The number of hydrogen-bond donors (Lipinski definition) is 2. The molecule has 0 unspecified atom stereocenters. The molecule has 1 saturated carbocycles. The number of aliphatic hydroxyl groups is 1. The van der Waals surface area contributed by atoms with Crippen LogP contribution in [0.15, 0.2) is 42.5 Å². The van der Waals surface area contributed by atoms with Crippen LogP contribution in [0.1, 0.15) is 60.5 Å². The number of benzene rings is 2. The van der Waals surface area contributed by atoms with Gasteiger partial charge in [-0.15, -0.1) is 0 Å². The van der Waals surface area contributed by atoms with E-state index in [1.54, 1.807) is 12.1 Å². The molecule has 1 amide bonds. The molecular formula is C25H24F7NO3. The Kier molecular flexibility index (Phi) is 7.09. The monoisotopic (exact) mass is 519 g/mol. The highest BCUT2D eigenvalue weighted by Crippen LogP contribution is 2.47. The quantitative estimate of drug-likeness (QED) is 0.495. The number of nitrogens with one attached hydrogen (secondary N) is 1. The first kappa shape index (κ1) is 26.4. The zero-order valence-corrected chi connectivity index (χ0v) is 19.0. The van der Waals surface area contributed by atoms with Crippen LogP contribution < -0.4 is 5.32 Å². The number of amides is 1. The smallest absolute Gasteiger partial charge is 0.383 e. The first-order valence-electron chi connectivity index (χ1n) is 11.4. The Hall–Kier alpha value is -2.66. The molecule has 6 atom stereocenters. The summed E-state index contributed by atoms with van der Waals surface area (Å²) in [4.78, 5) is 11.9. The van der Waals surface area contributed by atoms with E-state index in [4.69, 9.17) is 4.74 Å². The van der Waals surface area contributed by atoms with Gasteiger partial charge < -0.3 is 15.2 Å². The molecule has 2 N–H and O–H groups in total. The number of aliphatic hydroxyl groups excluding tert-OH is 1. The summed E-state index contributed by atoms with van der Waals surface area (Å²) in [5.74, 6) is -1.66. The zero-order valence-electron chi connectivity index (χ0n) is 19.0. The van der Waals surface area contributed by atoms with Crippen LogP contribution in [0, 0.1) is 11.7 Å². The normalized spacial score (nSPS) is 27.8. The molecule has 2 aromatic rings. The first-order chi connectivity index (χ1) is 16.7. The minimum Gasteiger partial charge on any atom is -0.383 e.